The second-order valence-corrected chi connectivity index (χ2v) is 8.52. The van der Waals surface area contributed by atoms with Crippen molar-refractivity contribution < 1.29 is 9.59 Å². The van der Waals surface area contributed by atoms with Gasteiger partial charge in [0.1, 0.15) is 5.69 Å². The number of H-pyrrole nitrogens is 1. The molecule has 0 spiro atoms. The summed E-state index contributed by atoms with van der Waals surface area (Å²) in [7, 11) is 0. The lowest BCUT2D eigenvalue weighted by Gasteiger charge is -2.31. The fraction of sp³-hybridized carbons (Fsp3) is 0.579. The number of aromatic amines is 1. The molecule has 28 heavy (non-hydrogen) atoms. The molecule has 0 bridgehead atoms. The number of nitrogens with one attached hydrogen (secondary N) is 3. The van der Waals surface area contributed by atoms with Crippen molar-refractivity contribution in [3.63, 3.8) is 0 Å². The third kappa shape index (κ3) is 4.77. The number of rotatable bonds is 6. The zero-order valence-corrected chi connectivity index (χ0v) is 16.6. The van der Waals surface area contributed by atoms with Crippen LogP contribution in [0.5, 0.6) is 0 Å². The topological polar surface area (TPSA) is 103 Å². The molecule has 1 saturated carbocycles. The van der Waals surface area contributed by atoms with Gasteiger partial charge in [0.2, 0.25) is 5.91 Å². The van der Waals surface area contributed by atoms with Crippen LogP contribution in [0.1, 0.15) is 60.6 Å². The van der Waals surface area contributed by atoms with Crippen molar-refractivity contribution in [2.45, 2.75) is 50.5 Å². The van der Waals surface area contributed by atoms with E-state index in [1.807, 2.05) is 11.4 Å². The molecule has 3 N–H and O–H groups in total. The van der Waals surface area contributed by atoms with Crippen molar-refractivity contribution in [3.8, 4) is 0 Å². The number of anilines is 1. The Kier molecular flexibility index (Phi) is 6.01. The van der Waals surface area contributed by atoms with Gasteiger partial charge in [0.15, 0.2) is 5.13 Å². The lowest BCUT2D eigenvalue weighted by Crippen LogP contribution is -2.39. The van der Waals surface area contributed by atoms with E-state index in [-0.39, 0.29) is 23.8 Å². The molecule has 3 heterocycles. The van der Waals surface area contributed by atoms with E-state index in [0.29, 0.717) is 17.4 Å². The Hall–Kier alpha value is -2.26. The molecule has 8 nitrogen and oxygen atoms in total. The number of thiazole rings is 1. The van der Waals surface area contributed by atoms with E-state index in [2.05, 4.69) is 30.7 Å². The summed E-state index contributed by atoms with van der Waals surface area (Å²) in [4.78, 5) is 30.9. The van der Waals surface area contributed by atoms with Crippen LogP contribution in [0.25, 0.3) is 0 Å². The van der Waals surface area contributed by atoms with Crippen molar-refractivity contribution in [1.29, 1.82) is 0 Å². The summed E-state index contributed by atoms with van der Waals surface area (Å²) < 4.78 is 0. The number of hydrogen-bond donors (Lipinski definition) is 3. The van der Waals surface area contributed by atoms with Gasteiger partial charge in [0.05, 0.1) is 6.54 Å². The van der Waals surface area contributed by atoms with Gasteiger partial charge in [-0.3, -0.25) is 19.6 Å². The first-order valence-electron chi connectivity index (χ1n) is 9.95. The molecule has 0 radical (unpaired) electrons. The third-order valence-corrected chi connectivity index (χ3v) is 6.20. The van der Waals surface area contributed by atoms with Gasteiger partial charge in [-0.25, -0.2) is 4.98 Å². The van der Waals surface area contributed by atoms with E-state index >= 15 is 0 Å². The number of nitrogens with zero attached hydrogens (tertiary/aromatic N) is 3. The predicted molar refractivity (Wildman–Crippen MR) is 107 cm³/mol. The molecular weight excluding hydrogens is 376 g/mol. The minimum atomic E-state index is -0.0927. The molecule has 4 rings (SSSR count). The van der Waals surface area contributed by atoms with Crippen molar-refractivity contribution in [1.82, 2.24) is 25.4 Å². The van der Waals surface area contributed by atoms with E-state index in [1.54, 1.807) is 6.20 Å². The van der Waals surface area contributed by atoms with Crippen LogP contribution in [0.2, 0.25) is 0 Å². The number of aromatic nitrogens is 3. The Morgan fingerprint density at radius 2 is 2.11 bits per heavy atom. The maximum atomic E-state index is 12.4. The van der Waals surface area contributed by atoms with E-state index < -0.39 is 0 Å². The van der Waals surface area contributed by atoms with Gasteiger partial charge in [-0.1, -0.05) is 12.8 Å². The molecule has 1 aliphatic heterocycles. The highest BCUT2D eigenvalue weighted by Crippen LogP contribution is 2.26. The van der Waals surface area contributed by atoms with Crippen LogP contribution in [0.4, 0.5) is 5.13 Å². The molecule has 0 unspecified atom stereocenters. The number of amides is 2. The summed E-state index contributed by atoms with van der Waals surface area (Å²) >= 11 is 1.41. The monoisotopic (exact) mass is 402 g/mol. The van der Waals surface area contributed by atoms with Crippen molar-refractivity contribution in [2.24, 2.45) is 0 Å². The SMILES string of the molecule is O=C(CN1CCC[C@@H](c2cc(C(=O)NC3CCCC3)n[nH]2)C1)Nc1nccs1. The summed E-state index contributed by atoms with van der Waals surface area (Å²) in [5, 5.41) is 15.6. The van der Waals surface area contributed by atoms with E-state index in [0.717, 1.165) is 44.5 Å². The van der Waals surface area contributed by atoms with Crippen LogP contribution in [0.3, 0.4) is 0 Å². The third-order valence-electron chi connectivity index (χ3n) is 5.51. The number of carbonyl (C=O) groups excluding carboxylic acids is 2. The fourth-order valence-electron chi connectivity index (χ4n) is 4.09. The van der Waals surface area contributed by atoms with Crippen LogP contribution >= 0.6 is 11.3 Å². The summed E-state index contributed by atoms with van der Waals surface area (Å²) in [5.41, 5.74) is 1.43. The lowest BCUT2D eigenvalue weighted by molar-refractivity contribution is -0.117. The summed E-state index contributed by atoms with van der Waals surface area (Å²) in [5.74, 6) is 0.115. The Balaban J connectivity index is 1.31. The summed E-state index contributed by atoms with van der Waals surface area (Å²) in [6, 6.07) is 2.16. The molecular formula is C19H26N6O2S. The zero-order valence-electron chi connectivity index (χ0n) is 15.8. The van der Waals surface area contributed by atoms with Gasteiger partial charge in [0.25, 0.3) is 5.91 Å². The van der Waals surface area contributed by atoms with Gasteiger partial charge >= 0.3 is 0 Å². The molecule has 150 valence electrons. The largest absolute Gasteiger partial charge is 0.348 e. The molecule has 2 aromatic heterocycles. The van der Waals surface area contributed by atoms with Crippen molar-refractivity contribution in [2.75, 3.05) is 25.0 Å². The summed E-state index contributed by atoms with van der Waals surface area (Å²) in [6.45, 7) is 2.02. The molecule has 2 aliphatic rings. The minimum Gasteiger partial charge on any atom is -0.348 e. The second-order valence-electron chi connectivity index (χ2n) is 7.62. The maximum absolute atomic E-state index is 12.4. The fourth-order valence-corrected chi connectivity index (χ4v) is 4.64. The second kappa shape index (κ2) is 8.83. The van der Waals surface area contributed by atoms with Gasteiger partial charge in [0, 0.05) is 35.8 Å². The number of carbonyl (C=O) groups is 2. The number of hydrogen-bond acceptors (Lipinski definition) is 6. The molecule has 1 saturated heterocycles. The van der Waals surface area contributed by atoms with E-state index in [4.69, 9.17) is 0 Å². The van der Waals surface area contributed by atoms with Crippen LogP contribution in [-0.2, 0) is 4.79 Å². The number of piperidine rings is 1. The van der Waals surface area contributed by atoms with Crippen molar-refractivity contribution >= 4 is 28.3 Å². The molecule has 2 aromatic rings. The maximum Gasteiger partial charge on any atom is 0.271 e. The molecule has 2 fully saturated rings. The van der Waals surface area contributed by atoms with Crippen LogP contribution in [-0.4, -0.2) is 57.6 Å². The van der Waals surface area contributed by atoms with Gasteiger partial charge < -0.3 is 10.6 Å². The highest BCUT2D eigenvalue weighted by Gasteiger charge is 2.26. The van der Waals surface area contributed by atoms with Gasteiger partial charge in [-0.05, 0) is 38.3 Å². The molecule has 9 heteroatoms. The Morgan fingerprint density at radius 3 is 2.89 bits per heavy atom. The zero-order chi connectivity index (χ0) is 19.3. The van der Waals surface area contributed by atoms with E-state index in [9.17, 15) is 9.59 Å². The average Bonchev–Trinajstić information content (AvgIpc) is 3.44. The Bertz CT molecular complexity index is 799. The molecule has 2 amide bonds. The Morgan fingerprint density at radius 1 is 1.25 bits per heavy atom. The lowest BCUT2D eigenvalue weighted by atomic mass is 9.94. The summed E-state index contributed by atoms with van der Waals surface area (Å²) in [6.07, 6.45) is 8.20. The van der Waals surface area contributed by atoms with E-state index in [1.165, 1.54) is 24.2 Å². The van der Waals surface area contributed by atoms with Crippen LogP contribution < -0.4 is 10.6 Å². The van der Waals surface area contributed by atoms with Gasteiger partial charge in [-0.2, -0.15) is 5.10 Å². The standard InChI is InChI=1S/C19H26N6O2S/c26-17(22-19-20-7-9-28-19)12-25-8-3-4-13(11-25)15-10-16(24-23-15)18(27)21-14-5-1-2-6-14/h7,9-10,13-14H,1-6,8,11-12H2,(H,21,27)(H,23,24)(H,20,22,26)/t13-/m1/s1. The first-order chi connectivity index (χ1) is 13.7. The quantitative estimate of drug-likeness (QED) is 0.688. The Labute approximate surface area is 168 Å². The normalized spacial score (nSPS) is 20.9. The van der Waals surface area contributed by atoms with Crippen molar-refractivity contribution in [3.05, 3.63) is 29.0 Å². The van der Waals surface area contributed by atoms with Gasteiger partial charge in [-0.15, -0.1) is 11.3 Å². The number of likely N-dealkylation sites (tertiary alicyclic amines) is 1. The first-order valence-corrected chi connectivity index (χ1v) is 10.8. The minimum absolute atomic E-state index is 0.0446. The first kappa shape index (κ1) is 19.1. The predicted octanol–water partition coefficient (Wildman–Crippen LogP) is 2.36. The molecule has 1 aliphatic carbocycles. The molecule has 1 atom stereocenters. The van der Waals surface area contributed by atoms with Crippen LogP contribution in [0.15, 0.2) is 17.6 Å². The smallest absolute Gasteiger partial charge is 0.271 e. The van der Waals surface area contributed by atoms with Crippen LogP contribution in [0, 0.1) is 0 Å². The highest BCUT2D eigenvalue weighted by atomic mass is 32.1. The average molecular weight is 403 g/mol. The highest BCUT2D eigenvalue weighted by molar-refractivity contribution is 7.13. The molecule has 0 aromatic carbocycles.